The molecule has 1 spiro atoms. The molecule has 3 aliphatic rings. The van der Waals surface area contributed by atoms with E-state index in [0.29, 0.717) is 12.8 Å². The van der Waals surface area contributed by atoms with Crippen molar-refractivity contribution in [2.24, 2.45) is 23.2 Å². The second-order valence-electron chi connectivity index (χ2n) is 13.1. The highest BCUT2D eigenvalue weighted by Gasteiger charge is 2.81. The molecular weight excluding hydrogens is 548 g/mol. The Morgan fingerprint density at radius 2 is 1.74 bits per heavy atom. The number of carbonyl (C=O) groups excluding carboxylic acids is 4. The van der Waals surface area contributed by atoms with Crippen LogP contribution in [0.4, 0.5) is 0 Å². The maximum Gasteiger partial charge on any atom is 0.374 e. The van der Waals surface area contributed by atoms with Crippen LogP contribution in [-0.2, 0) is 38.1 Å². The van der Waals surface area contributed by atoms with E-state index < -0.39 is 82.8 Å². The van der Waals surface area contributed by atoms with E-state index >= 15 is 0 Å². The van der Waals surface area contributed by atoms with E-state index in [1.807, 2.05) is 20.8 Å². The number of esters is 4. The maximum absolute atomic E-state index is 13.5. The zero-order chi connectivity index (χ0) is 31.3. The van der Waals surface area contributed by atoms with Crippen LogP contribution < -0.4 is 0 Å². The van der Waals surface area contributed by atoms with Crippen LogP contribution in [0.15, 0.2) is 22.8 Å². The van der Waals surface area contributed by atoms with Crippen molar-refractivity contribution in [3.8, 4) is 0 Å². The van der Waals surface area contributed by atoms with Crippen LogP contribution in [0.25, 0.3) is 0 Å². The second kappa shape index (κ2) is 11.3. The third-order valence-corrected chi connectivity index (χ3v) is 9.58. The first kappa shape index (κ1) is 32.0. The zero-order valence-corrected chi connectivity index (χ0v) is 25.8. The first-order valence-electron chi connectivity index (χ1n) is 14.7. The molecule has 11 heteroatoms. The van der Waals surface area contributed by atoms with Crippen molar-refractivity contribution >= 4 is 23.9 Å². The van der Waals surface area contributed by atoms with E-state index in [9.17, 15) is 24.3 Å². The molecule has 11 nitrogen and oxygen atoms in total. The summed E-state index contributed by atoms with van der Waals surface area (Å²) in [5, 5.41) is 12.3. The number of hydrogen-bond donors (Lipinski definition) is 1. The molecule has 3 fully saturated rings. The van der Waals surface area contributed by atoms with E-state index in [-0.39, 0.29) is 24.5 Å². The number of hydrogen-bond acceptors (Lipinski definition) is 11. The number of ether oxygens (including phenoxy) is 5. The van der Waals surface area contributed by atoms with Gasteiger partial charge in [0.05, 0.1) is 29.3 Å². The van der Waals surface area contributed by atoms with Crippen molar-refractivity contribution < 1.29 is 52.4 Å². The molecule has 1 aromatic heterocycles. The molecule has 1 unspecified atom stereocenters. The van der Waals surface area contributed by atoms with Crippen molar-refractivity contribution in [2.75, 3.05) is 6.61 Å². The molecule has 2 aliphatic carbocycles. The van der Waals surface area contributed by atoms with Crippen LogP contribution in [0.1, 0.15) is 91.6 Å². The third-order valence-electron chi connectivity index (χ3n) is 9.58. The Morgan fingerprint density at radius 3 is 2.31 bits per heavy atom. The summed E-state index contributed by atoms with van der Waals surface area (Å²) in [5.74, 6) is -3.83. The maximum atomic E-state index is 13.5. The fraction of sp³-hybridized carbons (Fsp3) is 0.742. The smallest absolute Gasteiger partial charge is 0.374 e. The van der Waals surface area contributed by atoms with Crippen molar-refractivity contribution in [1.29, 1.82) is 0 Å². The molecule has 234 valence electrons. The summed E-state index contributed by atoms with van der Waals surface area (Å²) < 4.78 is 36.1. The van der Waals surface area contributed by atoms with Gasteiger partial charge in [0.15, 0.2) is 6.10 Å². The van der Waals surface area contributed by atoms with Crippen molar-refractivity contribution in [2.45, 2.75) is 116 Å². The monoisotopic (exact) mass is 592 g/mol. The minimum Gasteiger partial charge on any atom is -0.465 e. The quantitative estimate of drug-likeness (QED) is 0.328. The van der Waals surface area contributed by atoms with Crippen LogP contribution in [0, 0.1) is 23.2 Å². The molecule has 0 aromatic carbocycles. The molecule has 8 atom stereocenters. The van der Waals surface area contributed by atoms with Crippen molar-refractivity contribution in [3.63, 3.8) is 0 Å². The van der Waals surface area contributed by atoms with Gasteiger partial charge in [0.1, 0.15) is 29.8 Å². The third kappa shape index (κ3) is 5.23. The summed E-state index contributed by atoms with van der Waals surface area (Å²) in [6.45, 7) is 13.0. The predicted molar refractivity (Wildman–Crippen MR) is 147 cm³/mol. The summed E-state index contributed by atoms with van der Waals surface area (Å²) in [4.78, 5) is 52.2. The number of furan rings is 1. The van der Waals surface area contributed by atoms with Gasteiger partial charge >= 0.3 is 23.9 Å². The van der Waals surface area contributed by atoms with Crippen LogP contribution in [0.3, 0.4) is 0 Å². The van der Waals surface area contributed by atoms with Gasteiger partial charge in [-0.3, -0.25) is 14.4 Å². The van der Waals surface area contributed by atoms with Gasteiger partial charge in [-0.15, -0.1) is 0 Å². The summed E-state index contributed by atoms with van der Waals surface area (Å²) in [7, 11) is 0. The highest BCUT2D eigenvalue weighted by atomic mass is 16.6. The molecule has 2 saturated carbocycles. The number of fused-ring (bicyclic) bond motifs is 1. The molecule has 2 bridgehead atoms. The molecule has 1 aromatic rings. The summed E-state index contributed by atoms with van der Waals surface area (Å²) in [6, 6.07) is 3.01. The lowest BCUT2D eigenvalue weighted by Crippen LogP contribution is -2.80. The van der Waals surface area contributed by atoms with Crippen molar-refractivity contribution in [3.05, 3.63) is 24.2 Å². The molecule has 1 saturated heterocycles. The SMILES string of the molecule is CCC(C)C(=O)O[C@H]1[C@@H](OC(=O)C(C)C)C[C@](C)(O)[C@@]23C[C@@H](C[C@H](OC(=O)c4ccco4)[C@]12COC(C)=O)C(C)(C)O3. The van der Waals surface area contributed by atoms with Crippen molar-refractivity contribution in [1.82, 2.24) is 0 Å². The van der Waals surface area contributed by atoms with E-state index in [1.54, 1.807) is 33.8 Å². The molecule has 42 heavy (non-hydrogen) atoms. The zero-order valence-electron chi connectivity index (χ0n) is 25.8. The summed E-state index contributed by atoms with van der Waals surface area (Å²) >= 11 is 0. The largest absolute Gasteiger partial charge is 0.465 e. The Hall–Kier alpha value is -2.92. The average Bonchev–Trinajstić information content (AvgIpc) is 3.52. The van der Waals surface area contributed by atoms with Crippen LogP contribution in [-0.4, -0.2) is 70.7 Å². The van der Waals surface area contributed by atoms with E-state index in [2.05, 4.69) is 0 Å². The highest BCUT2D eigenvalue weighted by molar-refractivity contribution is 5.86. The number of aliphatic hydroxyl groups is 1. The van der Waals surface area contributed by atoms with Crippen LogP contribution in [0.2, 0.25) is 0 Å². The molecule has 0 amide bonds. The fourth-order valence-electron chi connectivity index (χ4n) is 7.01. The Kier molecular flexibility index (Phi) is 8.61. The van der Waals surface area contributed by atoms with Gasteiger partial charge in [0, 0.05) is 13.3 Å². The standard InChI is InChI=1S/C31H44O11/c1-9-18(4)26(34)41-24-22(39-25(33)17(2)3)15-29(8,36)31-14-20(28(6,7)42-31)13-23(30(24,31)16-38-19(5)32)40-27(35)21-11-10-12-37-21/h10-12,17-18,20,22-24,36H,9,13-16H2,1-8H3/t18?,20-,22+,23+,24+,29+,30-,31+/m1/s1. The van der Waals surface area contributed by atoms with Gasteiger partial charge < -0.3 is 33.2 Å². The Balaban J connectivity index is 1.97. The fourth-order valence-corrected chi connectivity index (χ4v) is 7.01. The van der Waals surface area contributed by atoms with Gasteiger partial charge in [0.25, 0.3) is 0 Å². The topological polar surface area (TPSA) is 148 Å². The lowest BCUT2D eigenvalue weighted by molar-refractivity contribution is -0.338. The van der Waals surface area contributed by atoms with E-state index in [1.165, 1.54) is 19.3 Å². The van der Waals surface area contributed by atoms with Gasteiger partial charge in [-0.1, -0.05) is 27.7 Å². The second-order valence-corrected chi connectivity index (χ2v) is 13.1. The van der Waals surface area contributed by atoms with Gasteiger partial charge in [-0.2, -0.15) is 0 Å². The number of carbonyl (C=O) groups is 4. The highest BCUT2D eigenvalue weighted by Crippen LogP contribution is 2.68. The predicted octanol–water partition coefficient (Wildman–Crippen LogP) is 3.99. The summed E-state index contributed by atoms with van der Waals surface area (Å²) in [6.07, 6.45) is -1.35. The Labute approximate surface area is 246 Å². The van der Waals surface area contributed by atoms with E-state index in [4.69, 9.17) is 28.1 Å². The molecular formula is C31H44O11. The van der Waals surface area contributed by atoms with Crippen LogP contribution >= 0.6 is 0 Å². The van der Waals surface area contributed by atoms with Gasteiger partial charge in [-0.05, 0) is 58.1 Å². The average molecular weight is 593 g/mol. The molecule has 1 aliphatic heterocycles. The Morgan fingerprint density at radius 1 is 1.05 bits per heavy atom. The minimum atomic E-state index is -1.70. The minimum absolute atomic E-state index is 0.0525. The van der Waals surface area contributed by atoms with Crippen LogP contribution in [0.5, 0.6) is 0 Å². The number of rotatable bonds is 9. The summed E-state index contributed by atoms with van der Waals surface area (Å²) in [5.41, 5.74) is -5.70. The molecule has 2 heterocycles. The normalized spacial score (nSPS) is 35.6. The Bertz CT molecular complexity index is 1190. The van der Waals surface area contributed by atoms with Gasteiger partial charge in [-0.25, -0.2) is 4.79 Å². The molecule has 0 radical (unpaired) electrons. The first-order valence-corrected chi connectivity index (χ1v) is 14.7. The first-order chi connectivity index (χ1) is 19.5. The lowest BCUT2D eigenvalue weighted by Gasteiger charge is -2.64. The molecule has 1 N–H and O–H groups in total. The van der Waals surface area contributed by atoms with E-state index in [0.717, 1.165) is 0 Å². The lowest BCUT2D eigenvalue weighted by atomic mass is 9.47. The van der Waals surface area contributed by atoms with Gasteiger partial charge in [0.2, 0.25) is 5.76 Å². The molecule has 4 rings (SSSR count).